The van der Waals surface area contributed by atoms with Gasteiger partial charge in [0.25, 0.3) is 0 Å². The van der Waals surface area contributed by atoms with Crippen LogP contribution in [0.5, 0.6) is 0 Å². The lowest BCUT2D eigenvalue weighted by Gasteiger charge is -2.12. The number of carbonyl (C=O) groups excluding carboxylic acids is 2. The third-order valence-corrected chi connectivity index (χ3v) is 4.47. The Morgan fingerprint density at radius 2 is 1.93 bits per heavy atom. The predicted molar refractivity (Wildman–Crippen MR) is 104 cm³/mol. The molecule has 29 heavy (non-hydrogen) atoms. The Bertz CT molecular complexity index is 1100. The maximum atomic E-state index is 12.5. The van der Waals surface area contributed by atoms with Crippen molar-refractivity contribution in [2.75, 3.05) is 11.0 Å². The fourth-order valence-corrected chi connectivity index (χ4v) is 3.11. The third kappa shape index (κ3) is 5.55. The molecule has 10 heteroatoms. The molecule has 0 amide bonds. The van der Waals surface area contributed by atoms with Crippen molar-refractivity contribution in [2.45, 2.75) is 19.6 Å². The van der Waals surface area contributed by atoms with Gasteiger partial charge in [-0.2, -0.15) is 5.10 Å². The molecule has 1 unspecified atom stereocenters. The highest BCUT2D eigenvalue weighted by Crippen LogP contribution is 2.16. The van der Waals surface area contributed by atoms with Gasteiger partial charge in [0.1, 0.15) is 5.76 Å². The molecule has 0 saturated heterocycles. The van der Waals surface area contributed by atoms with Gasteiger partial charge in [0.2, 0.25) is 21.6 Å². The number of aromatic nitrogens is 2. The fourth-order valence-electron chi connectivity index (χ4n) is 2.55. The number of hydrogen-bond acceptors (Lipinski definition) is 7. The molecule has 3 rings (SSSR count). The van der Waals surface area contributed by atoms with Crippen molar-refractivity contribution < 1.29 is 27.2 Å². The summed E-state index contributed by atoms with van der Waals surface area (Å²) in [7, 11) is -3.41. The van der Waals surface area contributed by atoms with Crippen LogP contribution in [0, 0.1) is 0 Å². The van der Waals surface area contributed by atoms with E-state index >= 15 is 0 Å². The number of furan rings is 1. The van der Waals surface area contributed by atoms with Crippen LogP contribution < -0.4 is 4.72 Å². The predicted octanol–water partition coefficient (Wildman–Crippen LogP) is 2.32. The summed E-state index contributed by atoms with van der Waals surface area (Å²) in [6.45, 7) is 1.82. The molecule has 0 aliphatic carbocycles. The van der Waals surface area contributed by atoms with Gasteiger partial charge >= 0.3 is 5.97 Å². The maximum Gasteiger partial charge on any atom is 0.374 e. The van der Waals surface area contributed by atoms with E-state index in [2.05, 4.69) is 9.82 Å². The molecule has 2 heterocycles. The van der Waals surface area contributed by atoms with Crippen LogP contribution in [-0.2, 0) is 21.3 Å². The van der Waals surface area contributed by atoms with Gasteiger partial charge in [0.05, 0.1) is 12.8 Å². The Labute approximate surface area is 167 Å². The first-order chi connectivity index (χ1) is 13.7. The summed E-state index contributed by atoms with van der Waals surface area (Å²) in [5.74, 6) is -0.673. The normalized spacial score (nSPS) is 12.3. The van der Waals surface area contributed by atoms with Crippen LogP contribution in [-0.4, -0.2) is 42.3 Å². The zero-order valence-corrected chi connectivity index (χ0v) is 16.5. The lowest BCUT2D eigenvalue weighted by molar-refractivity contribution is 0.0287. The standard InChI is InChI=1S/C19H19N3O6S/c1-13(18(23)14-4-6-15(7-5-14)21-29(2,25)26)27-19(24)17-9-8-16(28-17)12-22-11-3-10-20-22/h3-11,13,21H,12H2,1-2H3. The van der Waals surface area contributed by atoms with E-state index < -0.39 is 27.9 Å². The molecule has 2 aromatic heterocycles. The molecule has 0 spiro atoms. The van der Waals surface area contributed by atoms with E-state index in [0.717, 1.165) is 6.26 Å². The van der Waals surface area contributed by atoms with E-state index in [0.29, 0.717) is 18.0 Å². The van der Waals surface area contributed by atoms with Crippen LogP contribution >= 0.6 is 0 Å². The number of Topliss-reactive ketones (excluding diaryl/α,β-unsaturated/α-hetero) is 1. The number of ether oxygens (including phenoxy) is 1. The average Bonchev–Trinajstić information content (AvgIpc) is 3.33. The highest BCUT2D eigenvalue weighted by atomic mass is 32.2. The number of ketones is 1. The molecule has 0 aliphatic rings. The summed E-state index contributed by atoms with van der Waals surface area (Å²) in [4.78, 5) is 24.7. The number of nitrogens with zero attached hydrogens (tertiary/aromatic N) is 2. The number of carbonyl (C=O) groups is 2. The minimum absolute atomic E-state index is 0.0143. The smallest absolute Gasteiger partial charge is 0.374 e. The Morgan fingerprint density at radius 1 is 1.21 bits per heavy atom. The first-order valence-electron chi connectivity index (χ1n) is 8.60. The summed E-state index contributed by atoms with van der Waals surface area (Å²) in [5.41, 5.74) is 0.608. The molecular formula is C19H19N3O6S. The van der Waals surface area contributed by atoms with Crippen molar-refractivity contribution in [3.05, 3.63) is 71.9 Å². The van der Waals surface area contributed by atoms with Gasteiger partial charge in [-0.1, -0.05) is 0 Å². The van der Waals surface area contributed by atoms with Gasteiger partial charge in [-0.05, 0) is 49.4 Å². The summed E-state index contributed by atoms with van der Waals surface area (Å²) < 4.78 is 37.0. The molecule has 1 atom stereocenters. The Balaban J connectivity index is 1.60. The van der Waals surface area contributed by atoms with Crippen LogP contribution in [0.3, 0.4) is 0 Å². The van der Waals surface area contributed by atoms with Crippen LogP contribution in [0.25, 0.3) is 0 Å². The van der Waals surface area contributed by atoms with Gasteiger partial charge in [-0.3, -0.25) is 14.2 Å². The molecule has 0 fully saturated rings. The fraction of sp³-hybridized carbons (Fsp3) is 0.211. The monoisotopic (exact) mass is 417 g/mol. The topological polar surface area (TPSA) is 120 Å². The maximum absolute atomic E-state index is 12.5. The molecule has 0 aliphatic heterocycles. The molecule has 1 aromatic carbocycles. The summed E-state index contributed by atoms with van der Waals surface area (Å²) in [6, 6.07) is 10.7. The van der Waals surface area contributed by atoms with E-state index in [4.69, 9.17) is 9.15 Å². The van der Waals surface area contributed by atoms with E-state index in [-0.39, 0.29) is 11.3 Å². The number of rotatable bonds is 8. The van der Waals surface area contributed by atoms with Crippen LogP contribution in [0.4, 0.5) is 5.69 Å². The van der Waals surface area contributed by atoms with Crippen LogP contribution in [0.1, 0.15) is 33.6 Å². The van der Waals surface area contributed by atoms with Gasteiger partial charge in [0, 0.05) is 23.6 Å². The minimum Gasteiger partial charge on any atom is -0.452 e. The van der Waals surface area contributed by atoms with E-state index in [1.54, 1.807) is 29.2 Å². The molecule has 152 valence electrons. The summed E-state index contributed by atoms with van der Waals surface area (Å²) >= 11 is 0. The SMILES string of the molecule is CC(OC(=O)c1ccc(Cn2cccn2)o1)C(=O)c1ccc(NS(C)(=O)=O)cc1. The summed E-state index contributed by atoms with van der Waals surface area (Å²) in [5, 5.41) is 4.05. The first-order valence-corrected chi connectivity index (χ1v) is 10.5. The summed E-state index contributed by atoms with van der Waals surface area (Å²) in [6.07, 6.45) is 3.38. The molecule has 0 saturated carbocycles. The average molecular weight is 417 g/mol. The quantitative estimate of drug-likeness (QED) is 0.441. The highest BCUT2D eigenvalue weighted by molar-refractivity contribution is 7.92. The lowest BCUT2D eigenvalue weighted by Crippen LogP contribution is -2.24. The molecule has 0 bridgehead atoms. The van der Waals surface area contributed by atoms with Crippen LogP contribution in [0.2, 0.25) is 0 Å². The second kappa shape index (κ2) is 8.31. The van der Waals surface area contributed by atoms with Crippen LogP contribution in [0.15, 0.2) is 59.3 Å². The second-order valence-electron chi connectivity index (χ2n) is 6.33. The third-order valence-electron chi connectivity index (χ3n) is 3.87. The van der Waals surface area contributed by atoms with Crippen molar-refractivity contribution in [3.8, 4) is 0 Å². The second-order valence-corrected chi connectivity index (χ2v) is 8.08. The van der Waals surface area contributed by atoms with Crippen molar-refractivity contribution in [1.82, 2.24) is 9.78 Å². The van der Waals surface area contributed by atoms with Crippen molar-refractivity contribution in [3.63, 3.8) is 0 Å². The highest BCUT2D eigenvalue weighted by Gasteiger charge is 2.22. The van der Waals surface area contributed by atoms with Gasteiger partial charge in [0.15, 0.2) is 6.10 Å². The van der Waals surface area contributed by atoms with Crippen molar-refractivity contribution in [1.29, 1.82) is 0 Å². The van der Waals surface area contributed by atoms with Gasteiger partial charge < -0.3 is 9.15 Å². The van der Waals surface area contributed by atoms with E-state index in [9.17, 15) is 18.0 Å². The number of esters is 1. The number of nitrogens with one attached hydrogen (secondary N) is 1. The Kier molecular flexibility index (Phi) is 5.83. The zero-order chi connectivity index (χ0) is 21.0. The minimum atomic E-state index is -3.41. The molecular weight excluding hydrogens is 398 g/mol. The number of anilines is 1. The number of benzene rings is 1. The van der Waals surface area contributed by atoms with Crippen molar-refractivity contribution >= 4 is 27.5 Å². The van der Waals surface area contributed by atoms with Gasteiger partial charge in [-0.15, -0.1) is 0 Å². The van der Waals surface area contributed by atoms with Gasteiger partial charge in [-0.25, -0.2) is 13.2 Å². The lowest BCUT2D eigenvalue weighted by atomic mass is 10.1. The first kappa shape index (κ1) is 20.3. The molecule has 9 nitrogen and oxygen atoms in total. The van der Waals surface area contributed by atoms with E-state index in [1.165, 1.54) is 37.3 Å². The number of hydrogen-bond donors (Lipinski definition) is 1. The molecule has 0 radical (unpaired) electrons. The zero-order valence-electron chi connectivity index (χ0n) is 15.7. The van der Waals surface area contributed by atoms with E-state index in [1.807, 2.05) is 0 Å². The Morgan fingerprint density at radius 3 is 2.55 bits per heavy atom. The molecule has 3 aromatic rings. The number of sulfonamides is 1. The molecule has 1 N–H and O–H groups in total. The largest absolute Gasteiger partial charge is 0.452 e. The van der Waals surface area contributed by atoms with Crippen molar-refractivity contribution in [2.24, 2.45) is 0 Å². The Hall–Kier alpha value is -3.40.